The van der Waals surface area contributed by atoms with Gasteiger partial charge in [0.15, 0.2) is 11.2 Å². The van der Waals surface area contributed by atoms with Crippen LogP contribution in [-0.2, 0) is 0 Å². The monoisotopic (exact) mass is 591 g/mol. The first kappa shape index (κ1) is 27.4. The number of benzene rings is 3. The summed E-state index contributed by atoms with van der Waals surface area (Å²) in [5.74, 6) is 0. The largest absolute Gasteiger partial charge is 0.422 e. The first-order chi connectivity index (χ1) is 22.1. The molecule has 0 bridgehead atoms. The van der Waals surface area contributed by atoms with E-state index in [-0.39, 0.29) is 16.9 Å². The van der Waals surface area contributed by atoms with Gasteiger partial charge in [-0.05, 0) is 60.7 Å². The van der Waals surface area contributed by atoms with Crippen molar-refractivity contribution in [2.75, 3.05) is 0 Å². The molecule has 0 aliphatic carbocycles. The fraction of sp³-hybridized carbons (Fsp3) is 0. The lowest BCUT2D eigenvalue weighted by atomic mass is 10.1. The van der Waals surface area contributed by atoms with Crippen molar-refractivity contribution in [1.82, 2.24) is 15.0 Å². The summed E-state index contributed by atoms with van der Waals surface area (Å²) in [5.41, 5.74) is 2.83. The minimum absolute atomic E-state index is 0.314. The summed E-state index contributed by atoms with van der Waals surface area (Å²) in [4.78, 5) is 47.4. The van der Waals surface area contributed by atoms with Gasteiger partial charge in [-0.25, -0.2) is 14.4 Å². The molecule has 9 heteroatoms. The van der Waals surface area contributed by atoms with Gasteiger partial charge in [-0.3, -0.25) is 15.0 Å². The van der Waals surface area contributed by atoms with Crippen LogP contribution >= 0.6 is 0 Å². The quantitative estimate of drug-likeness (QED) is 0.135. The minimum atomic E-state index is -0.336. The van der Waals surface area contributed by atoms with Crippen LogP contribution in [0.5, 0.6) is 0 Å². The fourth-order valence-electron chi connectivity index (χ4n) is 5.09. The maximum absolute atomic E-state index is 11.6. The highest BCUT2D eigenvalue weighted by Gasteiger charge is 2.08. The molecule has 0 spiro atoms. The third-order valence-electron chi connectivity index (χ3n) is 7.12. The highest BCUT2D eigenvalue weighted by Crippen LogP contribution is 2.21. The molecule has 216 valence electrons. The van der Waals surface area contributed by atoms with E-state index in [1.807, 2.05) is 54.6 Å². The molecule has 6 aromatic heterocycles. The van der Waals surface area contributed by atoms with Crippen molar-refractivity contribution in [2.45, 2.75) is 0 Å². The third kappa shape index (κ3) is 5.19. The van der Waals surface area contributed by atoms with E-state index in [1.54, 1.807) is 73.2 Å². The Morgan fingerprint density at radius 2 is 0.689 bits per heavy atom. The van der Waals surface area contributed by atoms with Gasteiger partial charge < -0.3 is 13.3 Å². The molecule has 45 heavy (non-hydrogen) atoms. The summed E-state index contributed by atoms with van der Waals surface area (Å²) < 4.78 is 15.5. The zero-order valence-corrected chi connectivity index (χ0v) is 23.4. The van der Waals surface area contributed by atoms with Crippen molar-refractivity contribution < 1.29 is 13.3 Å². The average molecular weight is 592 g/mol. The Morgan fingerprint density at radius 1 is 0.333 bits per heavy atom. The van der Waals surface area contributed by atoms with Gasteiger partial charge in [-0.1, -0.05) is 48.5 Å². The van der Waals surface area contributed by atoms with Gasteiger partial charge in [0, 0.05) is 34.7 Å². The van der Waals surface area contributed by atoms with Crippen LogP contribution in [0.1, 0.15) is 0 Å². The number of pyridine rings is 3. The molecule has 0 fully saturated rings. The van der Waals surface area contributed by atoms with Crippen molar-refractivity contribution in [3.8, 4) is 0 Å². The Bertz CT molecular complexity index is 2400. The van der Waals surface area contributed by atoms with Crippen molar-refractivity contribution in [3.63, 3.8) is 0 Å². The van der Waals surface area contributed by atoms with Crippen LogP contribution in [0.4, 0.5) is 0 Å². The van der Waals surface area contributed by atoms with Crippen LogP contribution in [0.15, 0.2) is 155 Å². The summed E-state index contributed by atoms with van der Waals surface area (Å²) in [7, 11) is 0. The summed E-state index contributed by atoms with van der Waals surface area (Å²) in [6.07, 6.45) is 5.05. The van der Waals surface area contributed by atoms with E-state index in [9.17, 15) is 14.4 Å². The van der Waals surface area contributed by atoms with Crippen molar-refractivity contribution in [3.05, 3.63) is 159 Å². The Balaban J connectivity index is 0.000000108. The smallest absolute Gasteiger partial charge is 0.345 e. The second-order valence-electron chi connectivity index (χ2n) is 9.86. The van der Waals surface area contributed by atoms with Gasteiger partial charge in [0.1, 0.15) is 16.6 Å². The van der Waals surface area contributed by atoms with Crippen LogP contribution in [0.3, 0.4) is 0 Å². The van der Waals surface area contributed by atoms with Gasteiger partial charge in [-0.15, -0.1) is 0 Å². The topological polar surface area (TPSA) is 129 Å². The van der Waals surface area contributed by atoms with Gasteiger partial charge in [0.25, 0.3) is 0 Å². The lowest BCUT2D eigenvalue weighted by Crippen LogP contribution is -2.00. The van der Waals surface area contributed by atoms with Crippen LogP contribution in [0.2, 0.25) is 0 Å². The summed E-state index contributed by atoms with van der Waals surface area (Å²) >= 11 is 0. The minimum Gasteiger partial charge on any atom is -0.422 e. The van der Waals surface area contributed by atoms with Crippen LogP contribution in [-0.4, -0.2) is 15.0 Å². The van der Waals surface area contributed by atoms with Gasteiger partial charge in [0.2, 0.25) is 0 Å². The number of rotatable bonds is 0. The van der Waals surface area contributed by atoms with Crippen LogP contribution in [0.25, 0.3) is 65.6 Å². The van der Waals surface area contributed by atoms with Crippen LogP contribution in [0, 0.1) is 0 Å². The molecule has 0 atom stereocenters. The molecule has 9 aromatic rings. The molecule has 9 nitrogen and oxygen atoms in total. The molecule has 6 heterocycles. The van der Waals surface area contributed by atoms with Gasteiger partial charge in [-0.2, -0.15) is 0 Å². The highest BCUT2D eigenvalue weighted by molar-refractivity contribution is 6.03. The maximum atomic E-state index is 11.6. The summed E-state index contributed by atoms with van der Waals surface area (Å²) in [5, 5.41) is 4.21. The molecule has 3 aromatic carbocycles. The summed E-state index contributed by atoms with van der Waals surface area (Å²) in [6.45, 7) is 0. The van der Waals surface area contributed by atoms with Crippen molar-refractivity contribution >= 4 is 65.6 Å². The van der Waals surface area contributed by atoms with Crippen molar-refractivity contribution in [1.29, 1.82) is 0 Å². The number of para-hydroxylation sites is 1. The number of aromatic nitrogens is 3. The molecule has 0 unspecified atom stereocenters. The molecule has 0 N–H and O–H groups in total. The van der Waals surface area contributed by atoms with Gasteiger partial charge >= 0.3 is 16.9 Å². The highest BCUT2D eigenvalue weighted by atomic mass is 16.4. The lowest BCUT2D eigenvalue weighted by molar-refractivity contribution is 0.568. The molecular weight excluding hydrogens is 570 g/mol. The second-order valence-corrected chi connectivity index (χ2v) is 9.86. The Hall–Kier alpha value is -6.48. The van der Waals surface area contributed by atoms with Gasteiger partial charge in [0.05, 0.1) is 21.7 Å². The molecule has 0 saturated heterocycles. The molecular formula is C36H21N3O6. The number of nitrogens with zero attached hydrogens (tertiary/aromatic N) is 3. The third-order valence-corrected chi connectivity index (χ3v) is 7.12. The predicted molar refractivity (Wildman–Crippen MR) is 173 cm³/mol. The van der Waals surface area contributed by atoms with Crippen LogP contribution < -0.4 is 16.9 Å². The average Bonchev–Trinajstić information content (AvgIpc) is 3.09. The van der Waals surface area contributed by atoms with E-state index in [4.69, 9.17) is 13.3 Å². The van der Waals surface area contributed by atoms with E-state index >= 15 is 0 Å². The zero-order chi connectivity index (χ0) is 30.8. The fourth-order valence-corrected chi connectivity index (χ4v) is 5.09. The van der Waals surface area contributed by atoms with E-state index < -0.39 is 0 Å². The molecule has 0 saturated carbocycles. The molecule has 0 amide bonds. The number of fused-ring (bicyclic) bond motifs is 9. The Labute approximate surface area is 252 Å². The molecule has 0 aliphatic rings. The Morgan fingerprint density at radius 3 is 1.24 bits per heavy atom. The van der Waals surface area contributed by atoms with E-state index in [2.05, 4.69) is 15.0 Å². The normalized spacial score (nSPS) is 10.9. The zero-order valence-electron chi connectivity index (χ0n) is 23.4. The van der Waals surface area contributed by atoms with E-state index in [0.717, 1.165) is 27.2 Å². The predicted octanol–water partition coefficient (Wildman–Crippen LogP) is 7.02. The van der Waals surface area contributed by atoms with E-state index in [0.29, 0.717) is 38.4 Å². The summed E-state index contributed by atoms with van der Waals surface area (Å²) in [6, 6.07) is 32.5. The van der Waals surface area contributed by atoms with Crippen molar-refractivity contribution in [2.24, 2.45) is 0 Å². The SMILES string of the molecule is O=c1oc2ccccc2c2ncccc12.O=c1oc2cccnc2c2ccccc12.O=c1oc2cccnc2c2ccccc12. The number of hydrogen-bond donors (Lipinski definition) is 0. The first-order valence-electron chi connectivity index (χ1n) is 13.9. The molecule has 0 radical (unpaired) electrons. The second kappa shape index (κ2) is 11.7. The lowest BCUT2D eigenvalue weighted by Gasteiger charge is -1.99. The first-order valence-corrected chi connectivity index (χ1v) is 13.9. The molecule has 0 aliphatic heterocycles. The maximum Gasteiger partial charge on any atom is 0.345 e. The number of hydrogen-bond acceptors (Lipinski definition) is 9. The Kier molecular flexibility index (Phi) is 7.09. The molecule has 9 rings (SSSR count). The standard InChI is InChI=1S/3C12H7NO2/c14-12-9-5-3-7-13-11(9)8-4-1-2-6-10(8)15-12;2*14-12-9-5-2-1-4-8(9)11-10(15-12)6-3-7-13-11/h3*1-7H. The van der Waals surface area contributed by atoms with E-state index in [1.165, 1.54) is 0 Å².